The molecule has 0 amide bonds. The Morgan fingerprint density at radius 3 is 2.94 bits per heavy atom. The average Bonchev–Trinajstić information content (AvgIpc) is 2.67. The van der Waals surface area contributed by atoms with Gasteiger partial charge in [0.15, 0.2) is 0 Å². The van der Waals surface area contributed by atoms with E-state index in [1.165, 1.54) is 11.1 Å². The number of aromatic nitrogens is 2. The molecule has 0 unspecified atom stereocenters. The molecule has 2 aromatic rings. The van der Waals surface area contributed by atoms with Gasteiger partial charge >= 0.3 is 0 Å². The fourth-order valence-corrected chi connectivity index (χ4v) is 2.34. The molecule has 0 saturated heterocycles. The summed E-state index contributed by atoms with van der Waals surface area (Å²) in [5.41, 5.74) is 3.62. The Hall–Kier alpha value is -1.13. The van der Waals surface area contributed by atoms with Crippen molar-refractivity contribution in [2.24, 2.45) is 0 Å². The average molecular weight is 308 g/mol. The van der Waals surface area contributed by atoms with Crippen LogP contribution < -0.4 is 5.32 Å². The molecule has 18 heavy (non-hydrogen) atoms. The molecule has 0 atom stereocenters. The number of hydrogen-bond donors (Lipinski definition) is 1. The minimum Gasteiger partial charge on any atom is -0.313 e. The Labute approximate surface area is 116 Å². The Morgan fingerprint density at radius 2 is 2.22 bits per heavy atom. The first-order chi connectivity index (χ1) is 8.69. The van der Waals surface area contributed by atoms with Crippen molar-refractivity contribution in [3.05, 3.63) is 51.8 Å². The van der Waals surface area contributed by atoms with Gasteiger partial charge in [-0.1, -0.05) is 35.0 Å². The third kappa shape index (κ3) is 3.43. The SMILES string of the molecule is CCNCc1cn(Cc2cccc(Br)c2)nc1C. The van der Waals surface area contributed by atoms with Gasteiger partial charge in [0.2, 0.25) is 0 Å². The van der Waals surface area contributed by atoms with Gasteiger partial charge in [-0.05, 0) is 31.2 Å². The highest BCUT2D eigenvalue weighted by atomic mass is 79.9. The van der Waals surface area contributed by atoms with Crippen molar-refractivity contribution >= 4 is 15.9 Å². The van der Waals surface area contributed by atoms with Crippen molar-refractivity contribution in [3.63, 3.8) is 0 Å². The van der Waals surface area contributed by atoms with Crippen LogP contribution in [-0.4, -0.2) is 16.3 Å². The number of rotatable bonds is 5. The van der Waals surface area contributed by atoms with E-state index in [-0.39, 0.29) is 0 Å². The number of nitrogens with zero attached hydrogens (tertiary/aromatic N) is 2. The molecule has 0 aliphatic heterocycles. The van der Waals surface area contributed by atoms with Gasteiger partial charge < -0.3 is 5.32 Å². The van der Waals surface area contributed by atoms with Crippen LogP contribution in [0.1, 0.15) is 23.7 Å². The molecule has 0 bridgehead atoms. The molecule has 96 valence electrons. The molecular formula is C14H18BrN3. The first-order valence-electron chi connectivity index (χ1n) is 6.17. The van der Waals surface area contributed by atoms with Crippen molar-refractivity contribution in [3.8, 4) is 0 Å². The van der Waals surface area contributed by atoms with E-state index in [9.17, 15) is 0 Å². The molecule has 0 aliphatic rings. The predicted molar refractivity (Wildman–Crippen MR) is 77.6 cm³/mol. The summed E-state index contributed by atoms with van der Waals surface area (Å²) in [6.45, 7) is 6.86. The minimum atomic E-state index is 0.812. The van der Waals surface area contributed by atoms with E-state index in [1.54, 1.807) is 0 Å². The van der Waals surface area contributed by atoms with Gasteiger partial charge in [-0.25, -0.2) is 0 Å². The van der Waals surface area contributed by atoms with Gasteiger partial charge in [0.1, 0.15) is 0 Å². The zero-order chi connectivity index (χ0) is 13.0. The molecule has 4 heteroatoms. The lowest BCUT2D eigenvalue weighted by Gasteiger charge is -2.02. The van der Waals surface area contributed by atoms with Crippen LogP contribution in [0.15, 0.2) is 34.9 Å². The molecule has 3 nitrogen and oxygen atoms in total. The minimum absolute atomic E-state index is 0.812. The van der Waals surface area contributed by atoms with Crippen LogP contribution in [0.5, 0.6) is 0 Å². The molecule has 0 spiro atoms. The standard InChI is InChI=1S/C14H18BrN3/c1-3-16-8-13-10-18(17-11(13)2)9-12-5-4-6-14(15)7-12/h4-7,10,16H,3,8-9H2,1-2H3. The second-order valence-corrected chi connectivity index (χ2v) is 5.26. The van der Waals surface area contributed by atoms with Gasteiger partial charge in [0, 0.05) is 22.8 Å². The molecule has 0 saturated carbocycles. The topological polar surface area (TPSA) is 29.9 Å². The lowest BCUT2D eigenvalue weighted by Crippen LogP contribution is -2.11. The summed E-state index contributed by atoms with van der Waals surface area (Å²) in [5, 5.41) is 7.88. The van der Waals surface area contributed by atoms with Crippen molar-refractivity contribution in [1.82, 2.24) is 15.1 Å². The second-order valence-electron chi connectivity index (χ2n) is 4.35. The van der Waals surface area contributed by atoms with Crippen LogP contribution in [0.25, 0.3) is 0 Å². The number of nitrogens with one attached hydrogen (secondary N) is 1. The van der Waals surface area contributed by atoms with E-state index < -0.39 is 0 Å². The second kappa shape index (κ2) is 6.16. The molecule has 0 aliphatic carbocycles. The van der Waals surface area contributed by atoms with E-state index in [1.807, 2.05) is 10.7 Å². The number of aryl methyl sites for hydroxylation is 1. The fraction of sp³-hybridized carbons (Fsp3) is 0.357. The maximum absolute atomic E-state index is 4.55. The van der Waals surface area contributed by atoms with E-state index in [2.05, 4.69) is 64.6 Å². The molecular weight excluding hydrogens is 290 g/mol. The lowest BCUT2D eigenvalue weighted by atomic mass is 10.2. The van der Waals surface area contributed by atoms with Crippen molar-refractivity contribution < 1.29 is 0 Å². The van der Waals surface area contributed by atoms with Crippen LogP contribution in [0.3, 0.4) is 0 Å². The predicted octanol–water partition coefficient (Wildman–Crippen LogP) is 3.11. The van der Waals surface area contributed by atoms with E-state index in [4.69, 9.17) is 0 Å². The summed E-state index contributed by atoms with van der Waals surface area (Å²) in [6.07, 6.45) is 2.12. The summed E-state index contributed by atoms with van der Waals surface area (Å²) in [6, 6.07) is 8.33. The zero-order valence-corrected chi connectivity index (χ0v) is 12.4. The summed E-state index contributed by atoms with van der Waals surface area (Å²) in [5.74, 6) is 0. The zero-order valence-electron chi connectivity index (χ0n) is 10.8. The maximum Gasteiger partial charge on any atom is 0.0659 e. The molecule has 2 rings (SSSR count). The Kier molecular flexibility index (Phi) is 4.55. The van der Waals surface area contributed by atoms with Crippen LogP contribution in [-0.2, 0) is 13.1 Å². The normalized spacial score (nSPS) is 10.8. The fourth-order valence-electron chi connectivity index (χ4n) is 1.90. The lowest BCUT2D eigenvalue weighted by molar-refractivity contribution is 0.678. The first kappa shape index (κ1) is 13.3. The molecule has 1 N–H and O–H groups in total. The van der Waals surface area contributed by atoms with Crippen molar-refractivity contribution in [2.45, 2.75) is 26.9 Å². The summed E-state index contributed by atoms with van der Waals surface area (Å²) in [7, 11) is 0. The van der Waals surface area contributed by atoms with E-state index >= 15 is 0 Å². The molecule has 1 heterocycles. The van der Waals surface area contributed by atoms with Gasteiger partial charge in [-0.3, -0.25) is 4.68 Å². The highest BCUT2D eigenvalue weighted by molar-refractivity contribution is 9.10. The van der Waals surface area contributed by atoms with Crippen LogP contribution in [0.2, 0.25) is 0 Å². The number of benzene rings is 1. The smallest absolute Gasteiger partial charge is 0.0659 e. The summed E-state index contributed by atoms with van der Waals surface area (Å²) in [4.78, 5) is 0. The highest BCUT2D eigenvalue weighted by Gasteiger charge is 2.04. The summed E-state index contributed by atoms with van der Waals surface area (Å²) < 4.78 is 3.11. The van der Waals surface area contributed by atoms with E-state index in [0.717, 1.165) is 29.8 Å². The summed E-state index contributed by atoms with van der Waals surface area (Å²) >= 11 is 3.49. The largest absolute Gasteiger partial charge is 0.313 e. The van der Waals surface area contributed by atoms with Gasteiger partial charge in [0.25, 0.3) is 0 Å². The maximum atomic E-state index is 4.55. The molecule has 0 fully saturated rings. The van der Waals surface area contributed by atoms with Gasteiger partial charge in [0.05, 0.1) is 12.2 Å². The Bertz CT molecular complexity index is 520. The van der Waals surface area contributed by atoms with Gasteiger partial charge in [-0.15, -0.1) is 0 Å². The molecule has 1 aromatic carbocycles. The number of halogens is 1. The molecule has 1 aromatic heterocycles. The van der Waals surface area contributed by atoms with Crippen molar-refractivity contribution in [1.29, 1.82) is 0 Å². The quantitative estimate of drug-likeness (QED) is 0.920. The third-order valence-corrected chi connectivity index (χ3v) is 3.34. The number of hydrogen-bond acceptors (Lipinski definition) is 2. The molecule has 0 radical (unpaired) electrons. The van der Waals surface area contributed by atoms with Crippen LogP contribution in [0, 0.1) is 6.92 Å². The van der Waals surface area contributed by atoms with Crippen molar-refractivity contribution in [2.75, 3.05) is 6.54 Å². The highest BCUT2D eigenvalue weighted by Crippen LogP contribution is 2.13. The third-order valence-electron chi connectivity index (χ3n) is 2.85. The first-order valence-corrected chi connectivity index (χ1v) is 6.96. The Morgan fingerprint density at radius 1 is 1.39 bits per heavy atom. The van der Waals surface area contributed by atoms with E-state index in [0.29, 0.717) is 0 Å². The monoisotopic (exact) mass is 307 g/mol. The Balaban J connectivity index is 2.10. The van der Waals surface area contributed by atoms with Crippen LogP contribution >= 0.6 is 15.9 Å². The van der Waals surface area contributed by atoms with Gasteiger partial charge in [-0.2, -0.15) is 5.10 Å². The van der Waals surface area contributed by atoms with Crippen LogP contribution in [0.4, 0.5) is 0 Å².